The molecule has 248 valence electrons. The molecule has 0 radical (unpaired) electrons. The Morgan fingerprint density at radius 2 is 1.85 bits per heavy atom. The van der Waals surface area contributed by atoms with Gasteiger partial charge >= 0.3 is 0 Å². The highest BCUT2D eigenvalue weighted by molar-refractivity contribution is 5.97. The van der Waals surface area contributed by atoms with Crippen LogP contribution in [0.25, 0.3) is 27.7 Å². The number of allylic oxidation sites excluding steroid dienone is 1. The first kappa shape index (κ1) is 31.9. The quantitative estimate of drug-likeness (QED) is 0.185. The molecule has 0 aliphatic carbocycles. The topological polar surface area (TPSA) is 94.8 Å². The standard InChI is InChI=1S/C38H45N9O/c1-25(2)34-22-41-47-36(34)42-38(46-23-29-13-14-30(24-46)45(29)5)43-37(47)40-21-28-9-6-7-11-32(28)35-33-15-12-26(19-27(33)16-17-39-35)20-31(48)10-8-18-44(3)4/h6-12,15-17,19,22,25,29-30H,13-14,18,20-21,23-24H2,1-5H3,(H,40,42,43)/b10-8+. The maximum atomic E-state index is 12.6. The van der Waals surface area contributed by atoms with Crippen molar-refractivity contribution in [1.82, 2.24) is 34.4 Å². The molecule has 0 spiro atoms. The average Bonchev–Trinajstić information content (AvgIpc) is 3.57. The summed E-state index contributed by atoms with van der Waals surface area (Å²) in [5.74, 6) is 1.84. The van der Waals surface area contributed by atoms with Gasteiger partial charge < -0.3 is 15.1 Å². The number of nitrogens with zero attached hydrogens (tertiary/aromatic N) is 8. The zero-order valence-corrected chi connectivity index (χ0v) is 28.6. The Balaban J connectivity index is 1.17. The molecule has 10 nitrogen and oxygen atoms in total. The Hall–Kier alpha value is -4.67. The minimum absolute atomic E-state index is 0.0987. The van der Waals surface area contributed by atoms with Gasteiger partial charge in [-0.2, -0.15) is 19.6 Å². The molecule has 3 aromatic heterocycles. The minimum atomic E-state index is 0.0987. The van der Waals surface area contributed by atoms with Crippen LogP contribution >= 0.6 is 0 Å². The Morgan fingerprint density at radius 3 is 2.62 bits per heavy atom. The van der Waals surface area contributed by atoms with Crippen molar-refractivity contribution in [2.75, 3.05) is 51.0 Å². The number of carbonyl (C=O) groups excluding carboxylic acids is 1. The zero-order chi connectivity index (χ0) is 33.4. The molecule has 5 aromatic rings. The van der Waals surface area contributed by atoms with E-state index in [9.17, 15) is 4.79 Å². The fourth-order valence-electron chi connectivity index (χ4n) is 7.11. The van der Waals surface area contributed by atoms with Crippen molar-refractivity contribution in [2.24, 2.45) is 0 Å². The van der Waals surface area contributed by atoms with Gasteiger partial charge in [0.1, 0.15) is 0 Å². The number of carbonyl (C=O) groups is 1. The normalized spacial score (nSPS) is 18.3. The fourth-order valence-corrected chi connectivity index (χ4v) is 7.11. The lowest BCUT2D eigenvalue weighted by atomic mass is 9.97. The number of fused-ring (bicyclic) bond motifs is 4. The first-order valence-electron chi connectivity index (χ1n) is 17.0. The van der Waals surface area contributed by atoms with Gasteiger partial charge in [-0.3, -0.25) is 14.7 Å². The fraction of sp³-hybridized carbons (Fsp3) is 0.395. The molecular formula is C38H45N9O. The lowest BCUT2D eigenvalue weighted by molar-refractivity contribution is -0.114. The molecule has 2 aliphatic heterocycles. The van der Waals surface area contributed by atoms with E-state index in [0.717, 1.165) is 69.9 Å². The second kappa shape index (κ2) is 13.4. The van der Waals surface area contributed by atoms with Crippen molar-refractivity contribution in [1.29, 1.82) is 0 Å². The van der Waals surface area contributed by atoms with Crippen molar-refractivity contribution in [3.05, 3.63) is 89.8 Å². The third-order valence-electron chi connectivity index (χ3n) is 9.83. The van der Waals surface area contributed by atoms with E-state index < -0.39 is 0 Å². The van der Waals surface area contributed by atoms with E-state index in [1.807, 2.05) is 54.1 Å². The molecular weight excluding hydrogens is 598 g/mol. The van der Waals surface area contributed by atoms with E-state index in [-0.39, 0.29) is 11.7 Å². The summed E-state index contributed by atoms with van der Waals surface area (Å²) < 4.78 is 1.85. The minimum Gasteiger partial charge on any atom is -0.350 e. The zero-order valence-electron chi connectivity index (χ0n) is 28.6. The van der Waals surface area contributed by atoms with Gasteiger partial charge in [-0.15, -0.1) is 0 Å². The van der Waals surface area contributed by atoms with Crippen LogP contribution in [0.4, 0.5) is 11.9 Å². The van der Waals surface area contributed by atoms with E-state index in [0.29, 0.717) is 31.0 Å². The summed E-state index contributed by atoms with van der Waals surface area (Å²) in [6.07, 6.45) is 10.2. The molecule has 0 saturated carbocycles. The lowest BCUT2D eigenvalue weighted by Gasteiger charge is -2.38. The second-order valence-corrected chi connectivity index (χ2v) is 13.8. The molecule has 2 fully saturated rings. The third-order valence-corrected chi connectivity index (χ3v) is 9.83. The molecule has 2 unspecified atom stereocenters. The summed E-state index contributed by atoms with van der Waals surface area (Å²) in [6, 6.07) is 17.7. The first-order valence-corrected chi connectivity index (χ1v) is 17.0. The predicted octanol–water partition coefficient (Wildman–Crippen LogP) is 5.59. The summed E-state index contributed by atoms with van der Waals surface area (Å²) in [5, 5.41) is 10.5. The van der Waals surface area contributed by atoms with E-state index in [1.165, 1.54) is 12.8 Å². The summed E-state index contributed by atoms with van der Waals surface area (Å²) in [4.78, 5) is 34.5. The van der Waals surface area contributed by atoms with Crippen molar-refractivity contribution in [2.45, 2.75) is 57.7 Å². The molecule has 0 amide bonds. The molecule has 2 bridgehead atoms. The van der Waals surface area contributed by atoms with Crippen molar-refractivity contribution in [3.63, 3.8) is 0 Å². The first-order chi connectivity index (χ1) is 23.2. The highest BCUT2D eigenvalue weighted by Crippen LogP contribution is 2.33. The smallest absolute Gasteiger partial charge is 0.230 e. The van der Waals surface area contributed by atoms with Gasteiger partial charge in [0.25, 0.3) is 0 Å². The average molecular weight is 644 g/mol. The SMILES string of the molecule is CC(C)c1cnn2c(NCc3ccccc3-c3nccc4cc(CC(=O)/C=C/CN(C)C)ccc34)nc(N3CC4CCC(C3)N4C)nc12. The van der Waals surface area contributed by atoms with E-state index in [1.54, 1.807) is 6.08 Å². The number of aromatic nitrogens is 5. The molecule has 2 atom stereocenters. The maximum absolute atomic E-state index is 12.6. The summed E-state index contributed by atoms with van der Waals surface area (Å²) >= 11 is 0. The van der Waals surface area contributed by atoms with Crippen molar-refractivity contribution < 1.29 is 4.79 Å². The number of hydrogen-bond donors (Lipinski definition) is 1. The Bertz CT molecular complexity index is 1970. The third kappa shape index (κ3) is 6.42. The predicted molar refractivity (Wildman–Crippen MR) is 193 cm³/mol. The summed E-state index contributed by atoms with van der Waals surface area (Å²) in [5.41, 5.74) is 6.03. The number of hydrogen-bond acceptors (Lipinski definition) is 9. The van der Waals surface area contributed by atoms with Gasteiger partial charge in [-0.05, 0) is 68.6 Å². The number of pyridine rings is 1. The Morgan fingerprint density at radius 1 is 1.06 bits per heavy atom. The number of likely N-dealkylation sites (N-methyl/N-ethyl adjacent to an activating group) is 2. The number of rotatable bonds is 11. The van der Waals surface area contributed by atoms with Crippen molar-refractivity contribution >= 4 is 34.1 Å². The molecule has 10 heteroatoms. The van der Waals surface area contributed by atoms with E-state index in [2.05, 4.69) is 72.4 Å². The van der Waals surface area contributed by atoms with Crippen molar-refractivity contribution in [3.8, 4) is 11.3 Å². The van der Waals surface area contributed by atoms with Gasteiger partial charge in [0.05, 0.1) is 11.9 Å². The van der Waals surface area contributed by atoms with E-state index >= 15 is 0 Å². The van der Waals surface area contributed by atoms with Gasteiger partial charge in [0.2, 0.25) is 11.9 Å². The van der Waals surface area contributed by atoms with Crippen LogP contribution in [0.3, 0.4) is 0 Å². The Kier molecular flexibility index (Phi) is 8.94. The molecule has 2 saturated heterocycles. The molecule has 1 N–H and O–H groups in total. The lowest BCUT2D eigenvalue weighted by Crippen LogP contribution is -2.52. The molecule has 48 heavy (non-hydrogen) atoms. The second-order valence-electron chi connectivity index (χ2n) is 13.8. The monoisotopic (exact) mass is 643 g/mol. The highest BCUT2D eigenvalue weighted by Gasteiger charge is 2.38. The number of ketones is 1. The number of anilines is 2. The van der Waals surface area contributed by atoms with Crippen LogP contribution in [0.5, 0.6) is 0 Å². The van der Waals surface area contributed by atoms with Crippen LogP contribution in [0.1, 0.15) is 49.3 Å². The van der Waals surface area contributed by atoms with E-state index in [4.69, 9.17) is 20.1 Å². The molecule has 5 heterocycles. The van der Waals surface area contributed by atoms with Crippen LogP contribution in [-0.4, -0.2) is 93.0 Å². The van der Waals surface area contributed by atoms with Gasteiger partial charge in [0, 0.05) is 67.4 Å². The highest BCUT2D eigenvalue weighted by atomic mass is 16.1. The number of benzene rings is 2. The summed E-state index contributed by atoms with van der Waals surface area (Å²) in [6.45, 7) is 7.52. The molecule has 2 aliphatic rings. The largest absolute Gasteiger partial charge is 0.350 e. The summed E-state index contributed by atoms with van der Waals surface area (Å²) in [7, 11) is 6.23. The Labute approximate surface area is 282 Å². The molecule has 7 rings (SSSR count). The number of piperazine rings is 1. The van der Waals surface area contributed by atoms with Crippen LogP contribution in [0, 0.1) is 0 Å². The van der Waals surface area contributed by atoms with Gasteiger partial charge in [-0.25, -0.2) is 0 Å². The molecule has 2 aromatic carbocycles. The maximum Gasteiger partial charge on any atom is 0.230 e. The van der Waals surface area contributed by atoms with Crippen LogP contribution in [-0.2, 0) is 17.8 Å². The van der Waals surface area contributed by atoms with Crippen LogP contribution in [0.15, 0.2) is 73.1 Å². The van der Waals surface area contributed by atoms with Gasteiger partial charge in [-0.1, -0.05) is 62.4 Å². The van der Waals surface area contributed by atoms with Crippen LogP contribution < -0.4 is 10.2 Å². The number of nitrogens with one attached hydrogen (secondary N) is 1. The van der Waals surface area contributed by atoms with Crippen LogP contribution in [0.2, 0.25) is 0 Å². The van der Waals surface area contributed by atoms with Gasteiger partial charge in [0.15, 0.2) is 11.4 Å².